The molecule has 2 nitrogen and oxygen atoms in total. The second-order valence-electron chi connectivity index (χ2n) is 3.43. The maximum absolute atomic E-state index is 10.9. The predicted octanol–water partition coefficient (Wildman–Crippen LogP) is 4.08. The molecule has 0 atom stereocenters. The molecule has 1 aromatic carbocycles. The number of carbonyl (C=O) groups is 1. The van der Waals surface area contributed by atoms with Crippen LogP contribution in [-0.2, 0) is 0 Å². The van der Waals surface area contributed by atoms with E-state index in [0.29, 0.717) is 5.02 Å². The number of aryl methyl sites for hydroxylation is 1. The molecule has 0 aliphatic carbocycles. The maximum atomic E-state index is 10.9. The normalized spacial score (nSPS) is 10.4. The molecule has 1 aromatic heterocycles. The number of aromatic carboxylic acids is 1. The fraction of sp³-hybridized carbons (Fsp3) is 0.0833. The molecule has 0 aliphatic heterocycles. The Morgan fingerprint density at radius 1 is 1.38 bits per heavy atom. The third kappa shape index (κ3) is 1.96. The second-order valence-corrected chi connectivity index (χ2v) is 4.76. The first-order valence-electron chi connectivity index (χ1n) is 4.67. The number of hydrogen-bond acceptors (Lipinski definition) is 2. The minimum absolute atomic E-state index is 0.282. The third-order valence-corrected chi connectivity index (χ3v) is 3.72. The van der Waals surface area contributed by atoms with Crippen molar-refractivity contribution in [2.24, 2.45) is 0 Å². The van der Waals surface area contributed by atoms with E-state index < -0.39 is 5.97 Å². The summed E-state index contributed by atoms with van der Waals surface area (Å²) in [6, 6.07) is 6.88. The molecule has 0 fully saturated rings. The summed E-state index contributed by atoms with van der Waals surface area (Å²) < 4.78 is 0. The molecule has 0 saturated heterocycles. The SMILES string of the molecule is Cc1ccc(C(=O)O)cc1-c1sccc1Cl. The highest BCUT2D eigenvalue weighted by molar-refractivity contribution is 7.14. The third-order valence-electron chi connectivity index (χ3n) is 2.35. The van der Waals surface area contributed by atoms with Crippen LogP contribution in [0.5, 0.6) is 0 Å². The summed E-state index contributed by atoms with van der Waals surface area (Å²) >= 11 is 7.55. The van der Waals surface area contributed by atoms with Gasteiger partial charge in [-0.1, -0.05) is 17.7 Å². The lowest BCUT2D eigenvalue weighted by molar-refractivity contribution is 0.0697. The van der Waals surface area contributed by atoms with Gasteiger partial charge in [0.15, 0.2) is 0 Å². The molecule has 0 amide bonds. The van der Waals surface area contributed by atoms with Crippen LogP contribution in [0.4, 0.5) is 0 Å². The molecule has 2 aromatic rings. The highest BCUT2D eigenvalue weighted by atomic mass is 35.5. The first-order valence-corrected chi connectivity index (χ1v) is 5.92. The fourth-order valence-corrected chi connectivity index (χ4v) is 2.73. The summed E-state index contributed by atoms with van der Waals surface area (Å²) in [6.45, 7) is 1.94. The van der Waals surface area contributed by atoms with Crippen molar-refractivity contribution in [2.75, 3.05) is 0 Å². The quantitative estimate of drug-likeness (QED) is 0.875. The van der Waals surface area contributed by atoms with Crippen LogP contribution in [0.3, 0.4) is 0 Å². The lowest BCUT2D eigenvalue weighted by Crippen LogP contribution is -1.96. The van der Waals surface area contributed by atoms with Crippen molar-refractivity contribution in [1.29, 1.82) is 0 Å². The molecule has 82 valence electrons. The van der Waals surface area contributed by atoms with E-state index in [2.05, 4.69) is 0 Å². The van der Waals surface area contributed by atoms with E-state index in [4.69, 9.17) is 16.7 Å². The summed E-state index contributed by atoms with van der Waals surface area (Å²) in [4.78, 5) is 11.8. The number of rotatable bonds is 2. The van der Waals surface area contributed by atoms with Gasteiger partial charge in [-0.05, 0) is 41.6 Å². The van der Waals surface area contributed by atoms with Crippen LogP contribution in [0.15, 0.2) is 29.6 Å². The van der Waals surface area contributed by atoms with Crippen molar-refractivity contribution in [3.8, 4) is 10.4 Å². The molecule has 0 saturated carbocycles. The zero-order valence-electron chi connectivity index (χ0n) is 8.53. The summed E-state index contributed by atoms with van der Waals surface area (Å²) in [6.07, 6.45) is 0. The van der Waals surface area contributed by atoms with Crippen molar-refractivity contribution >= 4 is 28.9 Å². The van der Waals surface area contributed by atoms with Crippen LogP contribution < -0.4 is 0 Å². The number of benzene rings is 1. The largest absolute Gasteiger partial charge is 0.478 e. The van der Waals surface area contributed by atoms with E-state index in [1.165, 1.54) is 11.3 Å². The molecule has 0 unspecified atom stereocenters. The van der Waals surface area contributed by atoms with Crippen molar-refractivity contribution in [1.82, 2.24) is 0 Å². The highest BCUT2D eigenvalue weighted by Gasteiger charge is 2.11. The summed E-state index contributed by atoms with van der Waals surface area (Å²) in [7, 11) is 0. The first kappa shape index (κ1) is 11.2. The number of carboxylic acids is 1. The van der Waals surface area contributed by atoms with Crippen LogP contribution >= 0.6 is 22.9 Å². The number of thiophene rings is 1. The monoisotopic (exact) mass is 252 g/mol. The van der Waals surface area contributed by atoms with Gasteiger partial charge in [-0.15, -0.1) is 11.3 Å². The van der Waals surface area contributed by atoms with Gasteiger partial charge >= 0.3 is 5.97 Å². The molecule has 0 bridgehead atoms. The topological polar surface area (TPSA) is 37.3 Å². The molecule has 0 radical (unpaired) electrons. The summed E-state index contributed by atoms with van der Waals surface area (Å²) in [5.41, 5.74) is 2.19. The van der Waals surface area contributed by atoms with Gasteiger partial charge in [0.25, 0.3) is 0 Å². The number of carboxylic acid groups (broad SMARTS) is 1. The molecular weight excluding hydrogens is 244 g/mol. The predicted molar refractivity (Wildman–Crippen MR) is 66.5 cm³/mol. The standard InChI is InChI=1S/C12H9ClO2S/c1-7-2-3-8(12(14)15)6-9(7)11-10(13)4-5-16-11/h2-6H,1H3,(H,14,15). The zero-order valence-corrected chi connectivity index (χ0v) is 10.1. The average molecular weight is 253 g/mol. The van der Waals surface area contributed by atoms with E-state index >= 15 is 0 Å². The Bertz CT molecular complexity index is 546. The Morgan fingerprint density at radius 3 is 2.69 bits per heavy atom. The van der Waals surface area contributed by atoms with E-state index in [0.717, 1.165) is 16.0 Å². The molecule has 0 spiro atoms. The minimum atomic E-state index is -0.922. The molecule has 0 aliphatic rings. The Morgan fingerprint density at radius 2 is 2.12 bits per heavy atom. The number of halogens is 1. The van der Waals surface area contributed by atoms with Gasteiger partial charge in [0.1, 0.15) is 0 Å². The van der Waals surface area contributed by atoms with Gasteiger partial charge in [-0.2, -0.15) is 0 Å². The molecular formula is C12H9ClO2S. The van der Waals surface area contributed by atoms with Gasteiger partial charge < -0.3 is 5.11 Å². The second kappa shape index (κ2) is 4.28. The summed E-state index contributed by atoms with van der Waals surface area (Å²) in [5.74, 6) is -0.922. The van der Waals surface area contributed by atoms with Crippen molar-refractivity contribution in [2.45, 2.75) is 6.92 Å². The lowest BCUT2D eigenvalue weighted by Gasteiger charge is -2.05. The van der Waals surface area contributed by atoms with Gasteiger partial charge in [0.05, 0.1) is 15.5 Å². The van der Waals surface area contributed by atoms with Crippen molar-refractivity contribution in [3.63, 3.8) is 0 Å². The molecule has 1 N–H and O–H groups in total. The Hall–Kier alpha value is -1.32. The average Bonchev–Trinajstić information content (AvgIpc) is 2.65. The Labute approximate surface area is 102 Å². The highest BCUT2D eigenvalue weighted by Crippen LogP contribution is 2.35. The fourth-order valence-electron chi connectivity index (χ4n) is 1.49. The van der Waals surface area contributed by atoms with E-state index in [9.17, 15) is 4.79 Å². The molecule has 1 heterocycles. The molecule has 4 heteroatoms. The lowest BCUT2D eigenvalue weighted by atomic mass is 10.0. The molecule has 16 heavy (non-hydrogen) atoms. The van der Waals surface area contributed by atoms with E-state index in [1.54, 1.807) is 18.2 Å². The van der Waals surface area contributed by atoms with Crippen LogP contribution in [0.1, 0.15) is 15.9 Å². The van der Waals surface area contributed by atoms with Crippen LogP contribution in [0, 0.1) is 6.92 Å². The van der Waals surface area contributed by atoms with Gasteiger partial charge in [0, 0.05) is 0 Å². The summed E-state index contributed by atoms with van der Waals surface area (Å²) in [5, 5.41) is 11.5. The van der Waals surface area contributed by atoms with Crippen molar-refractivity contribution < 1.29 is 9.90 Å². The van der Waals surface area contributed by atoms with Gasteiger partial charge in [-0.25, -0.2) is 4.79 Å². The van der Waals surface area contributed by atoms with E-state index in [1.807, 2.05) is 18.4 Å². The zero-order chi connectivity index (χ0) is 11.7. The van der Waals surface area contributed by atoms with Crippen LogP contribution in [0.25, 0.3) is 10.4 Å². The first-order chi connectivity index (χ1) is 7.59. The van der Waals surface area contributed by atoms with E-state index in [-0.39, 0.29) is 5.56 Å². The minimum Gasteiger partial charge on any atom is -0.478 e. The van der Waals surface area contributed by atoms with Crippen LogP contribution in [-0.4, -0.2) is 11.1 Å². The Kier molecular flexibility index (Phi) is 2.99. The molecule has 2 rings (SSSR count). The number of hydrogen-bond donors (Lipinski definition) is 1. The van der Waals surface area contributed by atoms with Crippen LogP contribution in [0.2, 0.25) is 5.02 Å². The Balaban J connectivity index is 2.60. The maximum Gasteiger partial charge on any atom is 0.335 e. The smallest absolute Gasteiger partial charge is 0.335 e. The van der Waals surface area contributed by atoms with Crippen molar-refractivity contribution in [3.05, 3.63) is 45.8 Å². The van der Waals surface area contributed by atoms with Gasteiger partial charge in [0.2, 0.25) is 0 Å². The van der Waals surface area contributed by atoms with Gasteiger partial charge in [-0.3, -0.25) is 0 Å².